The molecule has 2 aromatic carbocycles. The highest BCUT2D eigenvalue weighted by Gasteiger charge is 2.16. The molecule has 0 aliphatic heterocycles. The van der Waals surface area contributed by atoms with E-state index in [9.17, 15) is 9.90 Å². The van der Waals surface area contributed by atoms with Gasteiger partial charge in [-0.2, -0.15) is 0 Å². The summed E-state index contributed by atoms with van der Waals surface area (Å²) in [6.45, 7) is 7.04. The van der Waals surface area contributed by atoms with Crippen molar-refractivity contribution < 1.29 is 9.84 Å². The number of ether oxygens (including phenoxy) is 1. The molecule has 0 saturated carbocycles. The smallest absolute Gasteiger partial charge is 0.329 e. The van der Waals surface area contributed by atoms with Gasteiger partial charge in [0.15, 0.2) is 0 Å². The SMILES string of the molecule is CCCn1c(=O)n(CC(O)COc2c(C)cccc2C)c2ccccc21. The zero-order chi connectivity index (χ0) is 18.7. The van der Waals surface area contributed by atoms with E-state index in [4.69, 9.17) is 4.74 Å². The number of fused-ring (bicyclic) bond motifs is 1. The van der Waals surface area contributed by atoms with Crippen LogP contribution in [-0.4, -0.2) is 27.0 Å². The highest BCUT2D eigenvalue weighted by Crippen LogP contribution is 2.22. The van der Waals surface area contributed by atoms with Crippen LogP contribution < -0.4 is 10.4 Å². The lowest BCUT2D eigenvalue weighted by Gasteiger charge is -2.16. The number of aliphatic hydroxyl groups is 1. The number of aromatic nitrogens is 2. The molecular weight excluding hydrogens is 328 g/mol. The number of rotatable bonds is 7. The summed E-state index contributed by atoms with van der Waals surface area (Å²) < 4.78 is 9.25. The van der Waals surface area contributed by atoms with Crippen molar-refractivity contribution in [3.8, 4) is 5.75 Å². The maximum atomic E-state index is 12.8. The Kier molecular flexibility index (Phi) is 5.47. The van der Waals surface area contributed by atoms with Crippen molar-refractivity contribution in [3.63, 3.8) is 0 Å². The van der Waals surface area contributed by atoms with Crippen molar-refractivity contribution in [3.05, 3.63) is 64.1 Å². The quantitative estimate of drug-likeness (QED) is 0.708. The van der Waals surface area contributed by atoms with Crippen LogP contribution in [-0.2, 0) is 13.1 Å². The molecule has 1 N–H and O–H groups in total. The van der Waals surface area contributed by atoms with Crippen LogP contribution in [0.25, 0.3) is 11.0 Å². The molecule has 0 saturated heterocycles. The summed E-state index contributed by atoms with van der Waals surface area (Å²) in [5.74, 6) is 0.798. The molecule has 0 spiro atoms. The Morgan fingerprint density at radius 3 is 2.23 bits per heavy atom. The first-order valence-corrected chi connectivity index (χ1v) is 9.08. The molecule has 0 aliphatic rings. The molecule has 1 aromatic heterocycles. The molecule has 0 fully saturated rings. The minimum Gasteiger partial charge on any atom is -0.490 e. The standard InChI is InChI=1S/C21H26N2O3/c1-4-12-22-18-10-5-6-11-19(18)23(21(22)25)13-17(24)14-26-20-15(2)8-7-9-16(20)3/h5-11,17,24H,4,12-14H2,1-3H3. The van der Waals surface area contributed by atoms with Gasteiger partial charge in [-0.1, -0.05) is 37.3 Å². The Hall–Kier alpha value is -2.53. The number of aliphatic hydroxyl groups excluding tert-OH is 1. The van der Waals surface area contributed by atoms with Crippen molar-refractivity contribution >= 4 is 11.0 Å². The van der Waals surface area contributed by atoms with E-state index in [1.165, 1.54) is 0 Å². The molecule has 3 aromatic rings. The Morgan fingerprint density at radius 2 is 1.62 bits per heavy atom. The van der Waals surface area contributed by atoms with Gasteiger partial charge in [0.1, 0.15) is 18.5 Å². The third-order valence-corrected chi connectivity index (χ3v) is 4.59. The lowest BCUT2D eigenvalue weighted by Crippen LogP contribution is -2.31. The number of nitrogens with zero attached hydrogens (tertiary/aromatic N) is 2. The van der Waals surface area contributed by atoms with Crippen molar-refractivity contribution in [2.45, 2.75) is 46.4 Å². The van der Waals surface area contributed by atoms with Crippen LogP contribution >= 0.6 is 0 Å². The summed E-state index contributed by atoms with van der Waals surface area (Å²) in [5.41, 5.74) is 3.74. The largest absolute Gasteiger partial charge is 0.490 e. The predicted octanol–water partition coefficient (Wildman–Crippen LogP) is 3.27. The van der Waals surface area contributed by atoms with Crippen LogP contribution in [0.15, 0.2) is 47.3 Å². The molecular formula is C21H26N2O3. The van der Waals surface area contributed by atoms with Crippen molar-refractivity contribution in [1.29, 1.82) is 0 Å². The van der Waals surface area contributed by atoms with Gasteiger partial charge in [0.2, 0.25) is 0 Å². The fourth-order valence-corrected chi connectivity index (χ4v) is 3.36. The van der Waals surface area contributed by atoms with E-state index in [2.05, 4.69) is 0 Å². The van der Waals surface area contributed by atoms with Crippen molar-refractivity contribution in [1.82, 2.24) is 9.13 Å². The molecule has 138 valence electrons. The first-order valence-electron chi connectivity index (χ1n) is 9.08. The van der Waals surface area contributed by atoms with Gasteiger partial charge in [0.05, 0.1) is 17.6 Å². The number of hydrogen-bond acceptors (Lipinski definition) is 3. The highest BCUT2D eigenvalue weighted by molar-refractivity contribution is 5.76. The predicted molar refractivity (Wildman–Crippen MR) is 104 cm³/mol. The number of aryl methyl sites for hydroxylation is 3. The first-order chi connectivity index (χ1) is 12.5. The molecule has 1 heterocycles. The second-order valence-corrected chi connectivity index (χ2v) is 6.72. The molecule has 0 aliphatic carbocycles. The van der Waals surface area contributed by atoms with Gasteiger partial charge in [0.25, 0.3) is 0 Å². The number of imidazole rings is 1. The van der Waals surface area contributed by atoms with Gasteiger partial charge in [0, 0.05) is 6.54 Å². The lowest BCUT2D eigenvalue weighted by atomic mass is 10.1. The van der Waals surface area contributed by atoms with Crippen LogP contribution in [0.5, 0.6) is 5.75 Å². The zero-order valence-electron chi connectivity index (χ0n) is 15.6. The molecule has 1 unspecified atom stereocenters. The molecule has 1 atom stereocenters. The van der Waals surface area contributed by atoms with E-state index in [0.717, 1.165) is 34.3 Å². The van der Waals surface area contributed by atoms with Crippen LogP contribution in [0, 0.1) is 13.8 Å². The third-order valence-electron chi connectivity index (χ3n) is 4.59. The van der Waals surface area contributed by atoms with E-state index in [1.807, 2.05) is 63.2 Å². The molecule has 26 heavy (non-hydrogen) atoms. The summed E-state index contributed by atoms with van der Waals surface area (Å²) in [6, 6.07) is 13.7. The van der Waals surface area contributed by atoms with Gasteiger partial charge in [-0.05, 0) is 43.5 Å². The fourth-order valence-electron chi connectivity index (χ4n) is 3.36. The zero-order valence-corrected chi connectivity index (χ0v) is 15.6. The van der Waals surface area contributed by atoms with E-state index >= 15 is 0 Å². The highest BCUT2D eigenvalue weighted by atomic mass is 16.5. The van der Waals surface area contributed by atoms with E-state index < -0.39 is 6.10 Å². The van der Waals surface area contributed by atoms with Gasteiger partial charge in [-0.25, -0.2) is 4.79 Å². The fraction of sp³-hybridized carbons (Fsp3) is 0.381. The number of hydrogen-bond donors (Lipinski definition) is 1. The second-order valence-electron chi connectivity index (χ2n) is 6.72. The first kappa shape index (κ1) is 18.3. The summed E-state index contributed by atoms with van der Waals surface area (Å²) >= 11 is 0. The van der Waals surface area contributed by atoms with Crippen molar-refractivity contribution in [2.75, 3.05) is 6.61 Å². The topological polar surface area (TPSA) is 56.4 Å². The van der Waals surface area contributed by atoms with Crippen LogP contribution in [0.2, 0.25) is 0 Å². The number of benzene rings is 2. The van der Waals surface area contributed by atoms with Gasteiger partial charge < -0.3 is 9.84 Å². The summed E-state index contributed by atoms with van der Waals surface area (Å²) in [5, 5.41) is 10.5. The molecule has 5 nitrogen and oxygen atoms in total. The van der Waals surface area contributed by atoms with E-state index in [1.54, 1.807) is 9.13 Å². The second kappa shape index (κ2) is 7.79. The monoisotopic (exact) mass is 354 g/mol. The van der Waals surface area contributed by atoms with Gasteiger partial charge in [-0.3, -0.25) is 9.13 Å². The van der Waals surface area contributed by atoms with Gasteiger partial charge in [-0.15, -0.1) is 0 Å². The Labute approximate surface area is 153 Å². The Morgan fingerprint density at radius 1 is 1.00 bits per heavy atom. The Balaban J connectivity index is 1.80. The lowest BCUT2D eigenvalue weighted by molar-refractivity contribution is 0.0918. The average molecular weight is 354 g/mol. The van der Waals surface area contributed by atoms with Crippen molar-refractivity contribution in [2.24, 2.45) is 0 Å². The average Bonchev–Trinajstić information content (AvgIpc) is 2.88. The van der Waals surface area contributed by atoms with Crippen LogP contribution in [0.3, 0.4) is 0 Å². The minimum atomic E-state index is -0.771. The maximum Gasteiger partial charge on any atom is 0.329 e. The molecule has 0 radical (unpaired) electrons. The summed E-state index contributed by atoms with van der Waals surface area (Å²) in [6.07, 6.45) is 0.110. The Bertz CT molecular complexity index is 935. The molecule has 0 amide bonds. The van der Waals surface area contributed by atoms with Crippen LogP contribution in [0.4, 0.5) is 0 Å². The van der Waals surface area contributed by atoms with Crippen LogP contribution in [0.1, 0.15) is 24.5 Å². The van der Waals surface area contributed by atoms with E-state index in [-0.39, 0.29) is 18.8 Å². The van der Waals surface area contributed by atoms with E-state index in [0.29, 0.717) is 6.54 Å². The third kappa shape index (κ3) is 3.53. The normalized spacial score (nSPS) is 12.5. The number of para-hydroxylation sites is 3. The minimum absolute atomic E-state index is 0.0841. The summed E-state index contributed by atoms with van der Waals surface area (Å²) in [4.78, 5) is 12.8. The molecule has 5 heteroatoms. The summed E-state index contributed by atoms with van der Waals surface area (Å²) in [7, 11) is 0. The molecule has 3 rings (SSSR count). The maximum absolute atomic E-state index is 12.8. The molecule has 0 bridgehead atoms. The van der Waals surface area contributed by atoms with Gasteiger partial charge >= 0.3 is 5.69 Å².